The van der Waals surface area contributed by atoms with Gasteiger partial charge in [-0.25, -0.2) is 0 Å². The number of rotatable bonds is 5. The molecule has 4 heteroatoms. The first-order valence-corrected chi connectivity index (χ1v) is 6.80. The van der Waals surface area contributed by atoms with Crippen LogP contribution in [0.2, 0.25) is 0 Å². The van der Waals surface area contributed by atoms with Gasteiger partial charge >= 0.3 is 0 Å². The maximum atomic E-state index is 11.9. The molecule has 0 saturated carbocycles. The number of hydrogen-bond donors (Lipinski definition) is 2. The smallest absolute Gasteiger partial charge is 0.224 e. The lowest BCUT2D eigenvalue weighted by molar-refractivity contribution is -0.120. The van der Waals surface area contributed by atoms with Gasteiger partial charge in [0.05, 0.1) is 13.5 Å². The van der Waals surface area contributed by atoms with Crippen molar-refractivity contribution in [1.82, 2.24) is 10.6 Å². The monoisotopic (exact) mass is 262 g/mol. The van der Waals surface area contributed by atoms with Crippen LogP contribution in [-0.4, -0.2) is 32.7 Å². The van der Waals surface area contributed by atoms with Crippen LogP contribution in [0.5, 0.6) is 5.75 Å². The van der Waals surface area contributed by atoms with Crippen molar-refractivity contribution in [2.45, 2.75) is 19.8 Å². The molecule has 0 spiro atoms. The molecule has 0 aliphatic carbocycles. The Bertz CT molecular complexity index is 440. The van der Waals surface area contributed by atoms with Crippen LogP contribution < -0.4 is 15.4 Å². The molecule has 1 amide bonds. The van der Waals surface area contributed by atoms with E-state index < -0.39 is 0 Å². The van der Waals surface area contributed by atoms with Gasteiger partial charge in [0.2, 0.25) is 5.91 Å². The maximum absolute atomic E-state index is 11.9. The lowest BCUT2D eigenvalue weighted by atomic mass is 10.1. The van der Waals surface area contributed by atoms with E-state index in [4.69, 9.17) is 4.74 Å². The van der Waals surface area contributed by atoms with Gasteiger partial charge in [-0.2, -0.15) is 0 Å². The highest BCUT2D eigenvalue weighted by Gasteiger charge is 2.15. The third-order valence-electron chi connectivity index (χ3n) is 3.57. The minimum absolute atomic E-state index is 0.0940. The summed E-state index contributed by atoms with van der Waals surface area (Å²) in [7, 11) is 1.66. The highest BCUT2D eigenvalue weighted by molar-refractivity contribution is 5.78. The second-order valence-electron chi connectivity index (χ2n) is 5.14. The zero-order valence-electron chi connectivity index (χ0n) is 11.7. The molecular weight excluding hydrogens is 240 g/mol. The van der Waals surface area contributed by atoms with Crippen molar-refractivity contribution in [2.75, 3.05) is 26.7 Å². The van der Waals surface area contributed by atoms with E-state index in [9.17, 15) is 4.79 Å². The van der Waals surface area contributed by atoms with Gasteiger partial charge in [0.25, 0.3) is 0 Å². The van der Waals surface area contributed by atoms with E-state index in [1.807, 2.05) is 25.1 Å². The minimum Gasteiger partial charge on any atom is -0.496 e. The number of aryl methyl sites for hydroxylation is 1. The van der Waals surface area contributed by atoms with Crippen LogP contribution in [-0.2, 0) is 11.2 Å². The van der Waals surface area contributed by atoms with Crippen LogP contribution in [0.3, 0.4) is 0 Å². The molecule has 1 aliphatic rings. The number of methoxy groups -OCH3 is 1. The molecule has 0 bridgehead atoms. The average Bonchev–Trinajstić information content (AvgIpc) is 2.90. The maximum Gasteiger partial charge on any atom is 0.224 e. The Hall–Kier alpha value is -1.55. The molecule has 0 radical (unpaired) electrons. The van der Waals surface area contributed by atoms with E-state index in [1.165, 1.54) is 0 Å². The van der Waals surface area contributed by atoms with Crippen LogP contribution in [0, 0.1) is 12.8 Å². The summed E-state index contributed by atoms with van der Waals surface area (Å²) in [5, 5.41) is 6.31. The van der Waals surface area contributed by atoms with Crippen LogP contribution in [0.25, 0.3) is 0 Å². The van der Waals surface area contributed by atoms with E-state index >= 15 is 0 Å². The van der Waals surface area contributed by atoms with Gasteiger partial charge < -0.3 is 15.4 Å². The fraction of sp³-hybridized carbons (Fsp3) is 0.533. The number of benzene rings is 1. The van der Waals surface area contributed by atoms with Crippen molar-refractivity contribution in [1.29, 1.82) is 0 Å². The van der Waals surface area contributed by atoms with Gasteiger partial charge in [-0.1, -0.05) is 12.1 Å². The largest absolute Gasteiger partial charge is 0.496 e. The first kappa shape index (κ1) is 13.9. The quantitative estimate of drug-likeness (QED) is 0.840. The fourth-order valence-electron chi connectivity index (χ4n) is 2.45. The van der Waals surface area contributed by atoms with Crippen LogP contribution in [0.1, 0.15) is 17.5 Å². The van der Waals surface area contributed by atoms with Crippen LogP contribution in [0.15, 0.2) is 18.2 Å². The van der Waals surface area contributed by atoms with Crippen molar-refractivity contribution < 1.29 is 9.53 Å². The molecule has 104 valence electrons. The Balaban J connectivity index is 1.82. The Kier molecular flexibility index (Phi) is 4.80. The zero-order chi connectivity index (χ0) is 13.7. The standard InChI is InChI=1S/C15H22N2O2/c1-11-7-12(3-4-14(11)19-2)8-15(18)17-10-13-5-6-16-9-13/h3-4,7,13,16H,5-6,8-10H2,1-2H3,(H,17,18). The topological polar surface area (TPSA) is 50.4 Å². The van der Waals surface area contributed by atoms with E-state index in [-0.39, 0.29) is 5.91 Å². The Morgan fingerprint density at radius 3 is 3.00 bits per heavy atom. The minimum atomic E-state index is 0.0940. The molecule has 1 aromatic rings. The molecule has 1 aromatic carbocycles. The second-order valence-corrected chi connectivity index (χ2v) is 5.14. The highest BCUT2D eigenvalue weighted by atomic mass is 16.5. The van der Waals surface area contributed by atoms with Crippen molar-refractivity contribution in [3.05, 3.63) is 29.3 Å². The van der Waals surface area contributed by atoms with Crippen LogP contribution in [0.4, 0.5) is 0 Å². The van der Waals surface area contributed by atoms with E-state index in [1.54, 1.807) is 7.11 Å². The number of nitrogens with one attached hydrogen (secondary N) is 2. The summed E-state index contributed by atoms with van der Waals surface area (Å²) < 4.78 is 5.21. The molecule has 2 N–H and O–H groups in total. The third-order valence-corrected chi connectivity index (χ3v) is 3.57. The van der Waals surface area contributed by atoms with Gasteiger partial charge in [-0.15, -0.1) is 0 Å². The lowest BCUT2D eigenvalue weighted by Crippen LogP contribution is -2.31. The summed E-state index contributed by atoms with van der Waals surface area (Å²) >= 11 is 0. The molecule has 1 saturated heterocycles. The molecule has 4 nitrogen and oxygen atoms in total. The van der Waals surface area contributed by atoms with Gasteiger partial charge in [-0.05, 0) is 49.5 Å². The summed E-state index contributed by atoms with van der Waals surface area (Å²) in [6.07, 6.45) is 1.59. The fourth-order valence-corrected chi connectivity index (χ4v) is 2.45. The molecule has 1 fully saturated rings. The number of carbonyl (C=O) groups excluding carboxylic acids is 1. The number of carbonyl (C=O) groups is 1. The first-order valence-electron chi connectivity index (χ1n) is 6.80. The second kappa shape index (κ2) is 6.57. The molecule has 1 aliphatic heterocycles. The molecule has 0 aromatic heterocycles. The molecule has 1 heterocycles. The van der Waals surface area contributed by atoms with Gasteiger partial charge in [0, 0.05) is 6.54 Å². The summed E-state index contributed by atoms with van der Waals surface area (Å²) in [6.45, 7) is 4.85. The number of amides is 1. The van der Waals surface area contributed by atoms with Crippen molar-refractivity contribution in [2.24, 2.45) is 5.92 Å². The van der Waals surface area contributed by atoms with Gasteiger partial charge in [0.1, 0.15) is 5.75 Å². The third kappa shape index (κ3) is 3.96. The van der Waals surface area contributed by atoms with E-state index in [0.717, 1.165) is 42.9 Å². The van der Waals surface area contributed by atoms with Crippen molar-refractivity contribution in [3.63, 3.8) is 0 Å². The van der Waals surface area contributed by atoms with E-state index in [2.05, 4.69) is 10.6 Å². The first-order chi connectivity index (χ1) is 9.19. The van der Waals surface area contributed by atoms with Gasteiger partial charge in [0.15, 0.2) is 0 Å². The lowest BCUT2D eigenvalue weighted by Gasteiger charge is -2.11. The van der Waals surface area contributed by atoms with Crippen molar-refractivity contribution in [3.8, 4) is 5.75 Å². The predicted octanol–water partition coefficient (Wildman–Crippen LogP) is 1.27. The molecule has 1 unspecified atom stereocenters. The summed E-state index contributed by atoms with van der Waals surface area (Å²) in [5.41, 5.74) is 2.09. The summed E-state index contributed by atoms with van der Waals surface area (Å²) in [4.78, 5) is 11.9. The molecule has 1 atom stereocenters. The molecule has 19 heavy (non-hydrogen) atoms. The number of hydrogen-bond acceptors (Lipinski definition) is 3. The highest BCUT2D eigenvalue weighted by Crippen LogP contribution is 2.18. The SMILES string of the molecule is COc1ccc(CC(=O)NCC2CCNC2)cc1C. The molecular formula is C15H22N2O2. The average molecular weight is 262 g/mol. The van der Waals surface area contributed by atoms with E-state index in [0.29, 0.717) is 12.3 Å². The van der Waals surface area contributed by atoms with Crippen LogP contribution >= 0.6 is 0 Å². The normalized spacial score (nSPS) is 18.3. The molecule has 2 rings (SSSR count). The Morgan fingerprint density at radius 1 is 1.53 bits per heavy atom. The predicted molar refractivity (Wildman–Crippen MR) is 75.4 cm³/mol. The zero-order valence-corrected chi connectivity index (χ0v) is 11.7. The van der Waals surface area contributed by atoms with Crippen molar-refractivity contribution >= 4 is 5.91 Å². The summed E-state index contributed by atoms with van der Waals surface area (Å²) in [6, 6.07) is 5.87. The Labute approximate surface area is 114 Å². The Morgan fingerprint density at radius 2 is 2.37 bits per heavy atom. The van der Waals surface area contributed by atoms with Gasteiger partial charge in [-0.3, -0.25) is 4.79 Å². The number of ether oxygens (including phenoxy) is 1. The summed E-state index contributed by atoms with van der Waals surface area (Å²) in [5.74, 6) is 1.54.